The van der Waals surface area contributed by atoms with E-state index in [0.29, 0.717) is 38.9 Å². The van der Waals surface area contributed by atoms with Crippen molar-refractivity contribution < 1.29 is 19.3 Å². The maximum absolute atomic E-state index is 10.8. The topological polar surface area (TPSA) is 80.2 Å². The van der Waals surface area contributed by atoms with Crippen molar-refractivity contribution in [2.24, 2.45) is 0 Å². The van der Waals surface area contributed by atoms with Crippen molar-refractivity contribution >= 4 is 16.6 Å². The zero-order valence-electron chi connectivity index (χ0n) is 17.2. The molecule has 1 aromatic carbocycles. The molecule has 1 N–H and O–H groups in total. The number of fused-ring (bicyclic) bond motifs is 1. The van der Waals surface area contributed by atoms with Gasteiger partial charge in [0.25, 0.3) is 0 Å². The number of benzene rings is 1. The number of nitrogens with zero attached hydrogens (tertiary/aromatic N) is 4. The molecule has 0 bridgehead atoms. The number of β-amino-alcohol motifs (C(OH)–C–C–N with tert-alkyl or cyclic N) is 1. The third kappa shape index (κ3) is 4.95. The number of rotatable bonds is 5. The van der Waals surface area contributed by atoms with Crippen LogP contribution in [0, 0.1) is 0 Å². The molecule has 1 aromatic heterocycles. The smallest absolute Gasteiger partial charge is 0.224 e. The number of anilines is 1. The quantitative estimate of drug-likeness (QED) is 0.802. The third-order valence-corrected chi connectivity index (χ3v) is 5.30. The average Bonchev–Trinajstić information content (AvgIpc) is 2.92. The number of hydrogen-bond acceptors (Lipinski definition) is 8. The van der Waals surface area contributed by atoms with E-state index < -0.39 is 5.60 Å². The molecule has 0 atom stereocenters. The largest absolute Gasteiger partial charge is 0.474 e. The summed E-state index contributed by atoms with van der Waals surface area (Å²) < 4.78 is 16.8. The lowest BCUT2D eigenvalue weighted by Crippen LogP contribution is -2.54. The van der Waals surface area contributed by atoms with E-state index in [0.717, 1.165) is 42.8 Å². The highest BCUT2D eigenvalue weighted by molar-refractivity contribution is 5.86. The van der Waals surface area contributed by atoms with Crippen LogP contribution in [0.15, 0.2) is 24.5 Å². The first-order valence-corrected chi connectivity index (χ1v) is 10.3. The van der Waals surface area contributed by atoms with Crippen LogP contribution in [-0.4, -0.2) is 90.8 Å². The lowest BCUT2D eigenvalue weighted by atomic mass is 10.1. The van der Waals surface area contributed by atoms with Crippen molar-refractivity contribution in [2.45, 2.75) is 25.6 Å². The van der Waals surface area contributed by atoms with E-state index in [1.807, 2.05) is 19.9 Å². The van der Waals surface area contributed by atoms with E-state index >= 15 is 0 Å². The summed E-state index contributed by atoms with van der Waals surface area (Å²) in [5.74, 6) is 0.626. The lowest BCUT2D eigenvalue weighted by Gasteiger charge is -2.39. The molecule has 0 aliphatic carbocycles. The van der Waals surface area contributed by atoms with E-state index in [2.05, 4.69) is 31.9 Å². The molecular formula is C21H30N4O4. The normalized spacial score (nSPS) is 20.8. The molecule has 2 saturated heterocycles. The Hall–Kier alpha value is -2.00. The highest BCUT2D eigenvalue weighted by Gasteiger charge is 2.33. The third-order valence-electron chi connectivity index (χ3n) is 5.30. The molecular weight excluding hydrogens is 372 g/mol. The Labute approximate surface area is 171 Å². The molecule has 2 fully saturated rings. The Morgan fingerprint density at radius 2 is 1.83 bits per heavy atom. The summed E-state index contributed by atoms with van der Waals surface area (Å²) >= 11 is 0. The van der Waals surface area contributed by atoms with E-state index in [-0.39, 0.29) is 6.10 Å². The zero-order valence-corrected chi connectivity index (χ0v) is 17.2. The number of aromatic nitrogens is 2. The molecule has 8 nitrogen and oxygen atoms in total. The minimum absolute atomic E-state index is 0.0584. The van der Waals surface area contributed by atoms with Gasteiger partial charge in [-0.3, -0.25) is 4.90 Å². The van der Waals surface area contributed by atoms with Crippen molar-refractivity contribution in [3.63, 3.8) is 0 Å². The van der Waals surface area contributed by atoms with E-state index in [1.54, 1.807) is 6.33 Å². The molecule has 0 saturated carbocycles. The van der Waals surface area contributed by atoms with Gasteiger partial charge in [0, 0.05) is 38.4 Å². The van der Waals surface area contributed by atoms with Crippen LogP contribution in [0.2, 0.25) is 0 Å². The summed E-state index contributed by atoms with van der Waals surface area (Å²) in [7, 11) is 0. The molecule has 3 heterocycles. The standard InChI is InChI=1S/C21H30N4O4/c1-16(2)29-20-18-11-17(3-4-19(18)22-15-23-20)25-7-5-24(6-8-25)12-21(26)13-27-9-10-28-14-21/h3-4,11,15-16,26H,5-10,12-14H2,1-2H3. The second kappa shape index (κ2) is 8.79. The van der Waals surface area contributed by atoms with Crippen LogP contribution < -0.4 is 9.64 Å². The highest BCUT2D eigenvalue weighted by atomic mass is 16.6. The molecule has 4 rings (SSSR count). The molecule has 29 heavy (non-hydrogen) atoms. The van der Waals surface area contributed by atoms with Gasteiger partial charge in [0.15, 0.2) is 0 Å². The van der Waals surface area contributed by atoms with Gasteiger partial charge in [-0.2, -0.15) is 0 Å². The van der Waals surface area contributed by atoms with Crippen LogP contribution in [0.25, 0.3) is 10.9 Å². The summed E-state index contributed by atoms with van der Waals surface area (Å²) in [5.41, 5.74) is 1.09. The number of aliphatic hydroxyl groups is 1. The predicted molar refractivity (Wildman–Crippen MR) is 111 cm³/mol. The summed E-state index contributed by atoms with van der Waals surface area (Å²) in [6.45, 7) is 9.83. The van der Waals surface area contributed by atoms with Gasteiger partial charge in [0.1, 0.15) is 11.9 Å². The molecule has 0 radical (unpaired) electrons. The van der Waals surface area contributed by atoms with E-state index in [9.17, 15) is 5.11 Å². The van der Waals surface area contributed by atoms with Crippen LogP contribution >= 0.6 is 0 Å². The fourth-order valence-corrected chi connectivity index (χ4v) is 3.89. The highest BCUT2D eigenvalue weighted by Crippen LogP contribution is 2.28. The van der Waals surface area contributed by atoms with Crippen LogP contribution in [0.4, 0.5) is 5.69 Å². The van der Waals surface area contributed by atoms with Gasteiger partial charge < -0.3 is 24.2 Å². The molecule has 158 valence electrons. The minimum Gasteiger partial charge on any atom is -0.474 e. The van der Waals surface area contributed by atoms with Crippen LogP contribution in [0.3, 0.4) is 0 Å². The van der Waals surface area contributed by atoms with Crippen molar-refractivity contribution in [1.82, 2.24) is 14.9 Å². The van der Waals surface area contributed by atoms with Gasteiger partial charge in [-0.1, -0.05) is 0 Å². The molecule has 2 aromatic rings. The molecule has 2 aliphatic rings. The second-order valence-corrected chi connectivity index (χ2v) is 8.14. The maximum Gasteiger partial charge on any atom is 0.224 e. The first-order valence-electron chi connectivity index (χ1n) is 10.3. The fraction of sp³-hybridized carbons (Fsp3) is 0.619. The Morgan fingerprint density at radius 3 is 2.52 bits per heavy atom. The van der Waals surface area contributed by atoms with E-state index in [1.165, 1.54) is 0 Å². The minimum atomic E-state index is -0.929. The van der Waals surface area contributed by atoms with Crippen molar-refractivity contribution in [3.05, 3.63) is 24.5 Å². The van der Waals surface area contributed by atoms with Gasteiger partial charge >= 0.3 is 0 Å². The predicted octanol–water partition coefficient (Wildman–Crippen LogP) is 1.32. The van der Waals surface area contributed by atoms with Crippen molar-refractivity contribution in [1.29, 1.82) is 0 Å². The van der Waals surface area contributed by atoms with Crippen LogP contribution in [0.5, 0.6) is 5.88 Å². The first kappa shape index (κ1) is 20.3. The van der Waals surface area contributed by atoms with Gasteiger partial charge in [0.05, 0.1) is 43.4 Å². The Kier molecular flexibility index (Phi) is 6.15. The SMILES string of the molecule is CC(C)Oc1ncnc2ccc(N3CCN(CC4(O)COCCOC4)CC3)cc12. The maximum atomic E-state index is 10.8. The summed E-state index contributed by atoms with van der Waals surface area (Å²) in [6.07, 6.45) is 1.60. The fourth-order valence-electron chi connectivity index (χ4n) is 3.89. The first-order chi connectivity index (χ1) is 14.0. The second-order valence-electron chi connectivity index (χ2n) is 8.14. The summed E-state index contributed by atoms with van der Waals surface area (Å²) in [5, 5.41) is 11.7. The Morgan fingerprint density at radius 1 is 1.10 bits per heavy atom. The Balaban J connectivity index is 1.42. The lowest BCUT2D eigenvalue weighted by molar-refractivity contribution is -0.0746. The van der Waals surface area contributed by atoms with E-state index in [4.69, 9.17) is 14.2 Å². The molecule has 2 aliphatic heterocycles. The van der Waals surface area contributed by atoms with Crippen LogP contribution in [-0.2, 0) is 9.47 Å². The molecule has 0 spiro atoms. The average molecular weight is 402 g/mol. The van der Waals surface area contributed by atoms with Crippen molar-refractivity contribution in [2.75, 3.05) is 64.1 Å². The molecule has 0 unspecified atom stereocenters. The summed E-state index contributed by atoms with van der Waals surface area (Å²) in [4.78, 5) is 13.3. The summed E-state index contributed by atoms with van der Waals surface area (Å²) in [6, 6.07) is 6.24. The van der Waals surface area contributed by atoms with Gasteiger partial charge in [0.2, 0.25) is 5.88 Å². The number of piperazine rings is 1. The monoisotopic (exact) mass is 402 g/mol. The Bertz CT molecular complexity index is 815. The van der Waals surface area contributed by atoms with Crippen LogP contribution in [0.1, 0.15) is 13.8 Å². The van der Waals surface area contributed by atoms with Gasteiger partial charge in [-0.25, -0.2) is 9.97 Å². The number of hydrogen-bond donors (Lipinski definition) is 1. The molecule has 0 amide bonds. The molecule has 8 heteroatoms. The number of ether oxygens (including phenoxy) is 3. The zero-order chi connectivity index (χ0) is 20.3. The van der Waals surface area contributed by atoms with Crippen molar-refractivity contribution in [3.8, 4) is 5.88 Å². The van der Waals surface area contributed by atoms with Gasteiger partial charge in [-0.15, -0.1) is 0 Å². The van der Waals surface area contributed by atoms with Gasteiger partial charge in [-0.05, 0) is 32.0 Å².